The first-order valence-electron chi connectivity index (χ1n) is 11.7. The van der Waals surface area contributed by atoms with Gasteiger partial charge in [-0.3, -0.25) is 0 Å². The number of nitrogens with one attached hydrogen (secondary N) is 1. The molecule has 3 heterocycles. The molecule has 0 bridgehead atoms. The number of benzene rings is 1. The van der Waals surface area contributed by atoms with E-state index in [1.807, 2.05) is 6.07 Å². The fraction of sp³-hybridized carbons (Fsp3) is 0.478. The second-order valence-electron chi connectivity index (χ2n) is 8.75. The highest BCUT2D eigenvalue weighted by atomic mass is 19.4. The molecule has 36 heavy (non-hydrogen) atoms. The van der Waals surface area contributed by atoms with E-state index in [1.165, 1.54) is 7.11 Å². The van der Waals surface area contributed by atoms with Crippen LogP contribution >= 0.6 is 0 Å². The average molecular weight is 506 g/mol. The first kappa shape index (κ1) is 24.3. The summed E-state index contributed by atoms with van der Waals surface area (Å²) in [5.74, 6) is 0.763. The summed E-state index contributed by atoms with van der Waals surface area (Å²) >= 11 is 0. The Balaban J connectivity index is 1.41. The number of alkyl halides is 3. The predicted molar refractivity (Wildman–Crippen MR) is 125 cm³/mol. The fourth-order valence-corrected chi connectivity index (χ4v) is 4.62. The minimum absolute atomic E-state index is 0.0205. The zero-order valence-electron chi connectivity index (χ0n) is 19.6. The molecule has 0 atom stereocenters. The number of nitrogens with zero attached hydrogens (tertiary/aromatic N) is 6. The standard InChI is InChI=1S/C23H26F3N7O3/c1-35-21-20-17(14-2-7-18-19(12-14)33(31-29-18)13-23(24,25)26)8-9-32(20)30-22(28-21)27-15-3-5-16(6-4-15)36-11-10-34/h2,7-9,12,15-16,34H,3-6,10-11,13H2,1H3,(H,27,30)/t15-,16+. The van der Waals surface area contributed by atoms with Crippen molar-refractivity contribution in [3.63, 3.8) is 0 Å². The third kappa shape index (κ3) is 5.07. The van der Waals surface area contributed by atoms with Crippen molar-refractivity contribution in [1.82, 2.24) is 29.6 Å². The van der Waals surface area contributed by atoms with Crippen molar-refractivity contribution in [3.05, 3.63) is 30.5 Å². The van der Waals surface area contributed by atoms with Crippen LogP contribution in [0.3, 0.4) is 0 Å². The van der Waals surface area contributed by atoms with E-state index in [0.717, 1.165) is 30.4 Å². The maximum atomic E-state index is 13.0. The monoisotopic (exact) mass is 505 g/mol. The molecule has 0 saturated heterocycles. The molecule has 5 rings (SSSR count). The molecule has 1 aliphatic carbocycles. The van der Waals surface area contributed by atoms with E-state index in [-0.39, 0.29) is 24.3 Å². The SMILES string of the molecule is COc1nc(N[C@H]2CC[C@@H](OCCO)CC2)nn2ccc(-c3ccc4nnn(CC(F)(F)F)c4c3)c12. The van der Waals surface area contributed by atoms with Crippen molar-refractivity contribution in [2.45, 2.75) is 50.6 Å². The van der Waals surface area contributed by atoms with Gasteiger partial charge in [0.1, 0.15) is 17.6 Å². The van der Waals surface area contributed by atoms with Crippen molar-refractivity contribution in [1.29, 1.82) is 0 Å². The molecule has 2 N–H and O–H groups in total. The van der Waals surface area contributed by atoms with E-state index in [1.54, 1.807) is 28.9 Å². The number of anilines is 1. The lowest BCUT2D eigenvalue weighted by Crippen LogP contribution is -2.31. The Morgan fingerprint density at radius 1 is 1.17 bits per heavy atom. The first-order chi connectivity index (χ1) is 17.3. The van der Waals surface area contributed by atoms with Crippen LogP contribution < -0.4 is 10.1 Å². The van der Waals surface area contributed by atoms with Crippen LogP contribution in [0.5, 0.6) is 5.88 Å². The Morgan fingerprint density at radius 2 is 1.97 bits per heavy atom. The first-order valence-corrected chi connectivity index (χ1v) is 11.7. The minimum Gasteiger partial charge on any atom is -0.479 e. The van der Waals surface area contributed by atoms with Crippen molar-refractivity contribution in [2.75, 3.05) is 25.6 Å². The third-order valence-corrected chi connectivity index (χ3v) is 6.28. The summed E-state index contributed by atoms with van der Waals surface area (Å²) in [5, 5.41) is 24.4. The van der Waals surface area contributed by atoms with Crippen LogP contribution in [0, 0.1) is 0 Å². The highest BCUT2D eigenvalue weighted by Crippen LogP contribution is 2.33. The van der Waals surface area contributed by atoms with E-state index in [4.69, 9.17) is 14.6 Å². The molecule has 192 valence electrons. The summed E-state index contributed by atoms with van der Waals surface area (Å²) in [6.45, 7) is -0.850. The van der Waals surface area contributed by atoms with Gasteiger partial charge in [-0.2, -0.15) is 18.2 Å². The molecule has 1 fully saturated rings. The number of rotatable bonds is 8. The summed E-state index contributed by atoms with van der Waals surface area (Å²) < 4.78 is 52.6. The third-order valence-electron chi connectivity index (χ3n) is 6.28. The zero-order chi connectivity index (χ0) is 25.3. The van der Waals surface area contributed by atoms with Crippen molar-refractivity contribution >= 4 is 22.5 Å². The molecule has 10 nitrogen and oxygen atoms in total. The highest BCUT2D eigenvalue weighted by molar-refractivity contribution is 5.89. The Labute approximate surface area is 204 Å². The number of hydrogen-bond donors (Lipinski definition) is 2. The number of aromatic nitrogens is 6. The van der Waals surface area contributed by atoms with Gasteiger partial charge in [0.25, 0.3) is 0 Å². The molecule has 0 amide bonds. The number of ether oxygens (including phenoxy) is 2. The summed E-state index contributed by atoms with van der Waals surface area (Å²) in [6.07, 6.45) is 1.04. The largest absolute Gasteiger partial charge is 0.479 e. The fourth-order valence-electron chi connectivity index (χ4n) is 4.62. The van der Waals surface area contributed by atoms with E-state index < -0.39 is 12.7 Å². The Kier molecular flexibility index (Phi) is 6.67. The maximum absolute atomic E-state index is 13.0. The minimum atomic E-state index is -4.41. The number of hydrogen-bond acceptors (Lipinski definition) is 8. The van der Waals surface area contributed by atoms with Crippen molar-refractivity contribution in [2.24, 2.45) is 0 Å². The second kappa shape index (κ2) is 9.90. The van der Waals surface area contributed by atoms with Gasteiger partial charge in [-0.15, -0.1) is 10.2 Å². The van der Waals surface area contributed by atoms with Crippen LogP contribution in [0.1, 0.15) is 25.7 Å². The van der Waals surface area contributed by atoms with Gasteiger partial charge in [-0.1, -0.05) is 11.3 Å². The second-order valence-corrected chi connectivity index (χ2v) is 8.75. The molecule has 3 aromatic heterocycles. The predicted octanol–water partition coefficient (Wildman–Crippen LogP) is 3.44. The van der Waals surface area contributed by atoms with E-state index >= 15 is 0 Å². The molecule has 1 saturated carbocycles. The van der Waals surface area contributed by atoms with E-state index in [2.05, 4.69) is 25.7 Å². The lowest BCUT2D eigenvalue weighted by atomic mass is 9.93. The lowest BCUT2D eigenvalue weighted by molar-refractivity contribution is -0.142. The summed E-state index contributed by atoms with van der Waals surface area (Å²) in [4.78, 5) is 4.55. The molecular formula is C23H26F3N7O3. The van der Waals surface area contributed by atoms with Gasteiger partial charge in [0, 0.05) is 17.8 Å². The Bertz CT molecular complexity index is 1350. The summed E-state index contributed by atoms with van der Waals surface area (Å²) in [7, 11) is 1.51. The molecule has 13 heteroatoms. The van der Waals surface area contributed by atoms with Gasteiger partial charge < -0.3 is 19.9 Å². The van der Waals surface area contributed by atoms with E-state index in [9.17, 15) is 13.2 Å². The van der Waals surface area contributed by atoms with Crippen LogP contribution in [0.25, 0.3) is 27.7 Å². The Hall–Kier alpha value is -3.45. The van der Waals surface area contributed by atoms with Gasteiger partial charge in [0.05, 0.1) is 31.9 Å². The average Bonchev–Trinajstić information content (AvgIpc) is 3.46. The maximum Gasteiger partial charge on any atom is 0.408 e. The van der Waals surface area contributed by atoms with Gasteiger partial charge in [-0.05, 0) is 49.4 Å². The zero-order valence-corrected chi connectivity index (χ0v) is 19.6. The molecule has 0 aliphatic heterocycles. The molecule has 0 unspecified atom stereocenters. The van der Waals surface area contributed by atoms with Crippen LogP contribution in [0.2, 0.25) is 0 Å². The van der Waals surface area contributed by atoms with Crippen LogP contribution in [0.4, 0.5) is 19.1 Å². The van der Waals surface area contributed by atoms with Crippen molar-refractivity contribution < 1.29 is 27.8 Å². The molecule has 0 radical (unpaired) electrons. The highest BCUT2D eigenvalue weighted by Gasteiger charge is 2.30. The molecule has 4 aromatic rings. The smallest absolute Gasteiger partial charge is 0.408 e. The van der Waals surface area contributed by atoms with Gasteiger partial charge in [0.15, 0.2) is 0 Å². The lowest BCUT2D eigenvalue weighted by Gasteiger charge is -2.29. The normalized spacial score (nSPS) is 18.7. The van der Waals surface area contributed by atoms with Crippen LogP contribution in [0.15, 0.2) is 30.5 Å². The Morgan fingerprint density at radius 3 is 2.69 bits per heavy atom. The number of methoxy groups -OCH3 is 1. The number of aliphatic hydroxyl groups excluding tert-OH is 1. The van der Waals surface area contributed by atoms with Gasteiger partial charge >= 0.3 is 6.18 Å². The van der Waals surface area contributed by atoms with Crippen LogP contribution in [-0.4, -0.2) is 73.3 Å². The quantitative estimate of drug-likeness (QED) is 0.375. The van der Waals surface area contributed by atoms with E-state index in [0.29, 0.717) is 40.6 Å². The summed E-state index contributed by atoms with van der Waals surface area (Å²) in [6, 6.07) is 7.03. The number of fused-ring (bicyclic) bond motifs is 2. The van der Waals surface area contributed by atoms with Gasteiger partial charge in [0.2, 0.25) is 11.8 Å². The molecule has 1 aromatic carbocycles. The van der Waals surface area contributed by atoms with Crippen molar-refractivity contribution in [3.8, 4) is 17.0 Å². The summed E-state index contributed by atoms with van der Waals surface area (Å²) in [5.41, 5.74) is 2.62. The molecular weight excluding hydrogens is 479 g/mol. The topological polar surface area (TPSA) is 112 Å². The molecule has 0 spiro atoms. The number of halogens is 3. The number of aliphatic hydroxyl groups is 1. The van der Waals surface area contributed by atoms with Gasteiger partial charge in [-0.25, -0.2) is 9.20 Å². The molecule has 1 aliphatic rings. The van der Waals surface area contributed by atoms with Crippen LogP contribution in [-0.2, 0) is 11.3 Å².